The van der Waals surface area contributed by atoms with Crippen LogP contribution in [0.3, 0.4) is 0 Å². The van der Waals surface area contributed by atoms with Crippen LogP contribution in [0.1, 0.15) is 87.8 Å². The van der Waals surface area contributed by atoms with Crippen molar-refractivity contribution >= 4 is 44.7 Å². The van der Waals surface area contributed by atoms with Gasteiger partial charge in [-0.2, -0.15) is 5.10 Å². The summed E-state index contributed by atoms with van der Waals surface area (Å²) in [5.41, 5.74) is -0.598. The molecule has 4 amide bonds. The van der Waals surface area contributed by atoms with Crippen molar-refractivity contribution in [3.63, 3.8) is 0 Å². The maximum atomic E-state index is 14.8. The number of nitrogens with one attached hydrogen (secondary N) is 3. The number of nitrogens with zero attached hydrogens (tertiary/aromatic N) is 5. The van der Waals surface area contributed by atoms with Crippen LogP contribution in [0.15, 0.2) is 42.6 Å². The van der Waals surface area contributed by atoms with E-state index in [2.05, 4.69) is 30.4 Å². The first kappa shape index (κ1) is 37.4. The molecule has 3 fully saturated rings. The largest absolute Gasteiger partial charge is 0.471 e. The minimum Gasteiger partial charge on any atom is -0.471 e. The van der Waals surface area contributed by atoms with Gasteiger partial charge in [0.15, 0.2) is 5.82 Å². The Morgan fingerprint density at radius 1 is 1.13 bits per heavy atom. The third-order valence-corrected chi connectivity index (χ3v) is 13.2. The molecule has 54 heavy (non-hydrogen) atoms. The maximum absolute atomic E-state index is 14.8. The SMILES string of the molecule is CCc1nc2cccc(F)c2nc1O[C@@H]1C[C@H]2C(=O)N[C@]3(C(=O)NS(=O)(=O)C4(C)CC4)CC3/C=C\CCCCC[C@H](NC(=O)c3ccn(C)n3)C(=O)N2C1. The van der Waals surface area contributed by atoms with Gasteiger partial charge in [0.05, 0.1) is 16.8 Å². The Kier molecular flexibility index (Phi) is 9.95. The summed E-state index contributed by atoms with van der Waals surface area (Å²) in [5.74, 6) is -3.56. The van der Waals surface area contributed by atoms with Crippen LogP contribution in [0.2, 0.25) is 0 Å². The molecular weight excluding hydrogens is 720 g/mol. The molecular formula is C37H45FN8O7S. The van der Waals surface area contributed by atoms with Gasteiger partial charge in [0.1, 0.15) is 40.6 Å². The number of carbonyl (C=O) groups is 4. The van der Waals surface area contributed by atoms with E-state index in [1.54, 1.807) is 26.2 Å². The van der Waals surface area contributed by atoms with Gasteiger partial charge in [-0.1, -0.05) is 38.0 Å². The number of hydrogen-bond donors (Lipinski definition) is 3. The fourth-order valence-corrected chi connectivity index (χ4v) is 8.57. The van der Waals surface area contributed by atoms with Crippen molar-refractivity contribution in [1.29, 1.82) is 0 Å². The van der Waals surface area contributed by atoms with E-state index in [9.17, 15) is 32.0 Å². The van der Waals surface area contributed by atoms with Crippen molar-refractivity contribution in [1.82, 2.24) is 40.0 Å². The molecule has 4 heterocycles. The summed E-state index contributed by atoms with van der Waals surface area (Å²) < 4.78 is 50.0. The molecule has 2 aromatic heterocycles. The molecule has 17 heteroatoms. The molecule has 2 aliphatic carbocycles. The molecule has 1 aromatic carbocycles. The van der Waals surface area contributed by atoms with Crippen LogP contribution in [0.5, 0.6) is 5.88 Å². The Hall–Kier alpha value is -4.93. The molecule has 3 N–H and O–H groups in total. The van der Waals surface area contributed by atoms with Crippen molar-refractivity contribution in [3.05, 3.63) is 59.8 Å². The van der Waals surface area contributed by atoms with Crippen molar-refractivity contribution < 1.29 is 36.7 Å². The number of rotatable bonds is 8. The van der Waals surface area contributed by atoms with Crippen LogP contribution in [-0.4, -0.2) is 91.7 Å². The van der Waals surface area contributed by atoms with Crippen LogP contribution in [0.25, 0.3) is 11.0 Å². The molecule has 0 bridgehead atoms. The number of carbonyl (C=O) groups excluding carboxylic acids is 4. The number of para-hydroxylation sites is 1. The van der Waals surface area contributed by atoms with Gasteiger partial charge >= 0.3 is 0 Å². The topological polar surface area (TPSA) is 195 Å². The molecule has 288 valence electrons. The van der Waals surface area contributed by atoms with Gasteiger partial charge in [0.25, 0.3) is 11.8 Å². The number of hydrogen-bond acceptors (Lipinski definition) is 10. The predicted molar refractivity (Wildman–Crippen MR) is 194 cm³/mol. The Morgan fingerprint density at radius 3 is 2.65 bits per heavy atom. The second-order valence-electron chi connectivity index (χ2n) is 15.0. The van der Waals surface area contributed by atoms with Gasteiger partial charge in [-0.3, -0.25) is 28.6 Å². The lowest BCUT2D eigenvalue weighted by Crippen LogP contribution is -2.58. The van der Waals surface area contributed by atoms with Gasteiger partial charge in [0.2, 0.25) is 27.7 Å². The summed E-state index contributed by atoms with van der Waals surface area (Å²) in [5, 5.41) is 9.85. The van der Waals surface area contributed by atoms with Crippen LogP contribution >= 0.6 is 0 Å². The second-order valence-corrected chi connectivity index (χ2v) is 17.2. The Bertz CT molecular complexity index is 2140. The lowest BCUT2D eigenvalue weighted by molar-refractivity contribution is -0.141. The standard InChI is InChI=1S/C37H45FN8O7S/c1-4-25-33(41-30-24(38)12-10-14-26(30)39-25)53-23-19-29-32(48)42-37(35(50)44-54(51,52)36(2)16-17-36)20-22(37)11-8-6-5-7-9-13-28(34(49)46(29)21-23)40-31(47)27-15-18-45(3)43-27/h8,10-12,14-15,18,22-23,28-29H,4-7,9,13,16-17,19-21H2,1-3H3,(H,40,47)(H,42,48)(H,44,50)/b11-8-/t22?,23-,28+,29+,37-/m1/s1. The van der Waals surface area contributed by atoms with Crippen molar-refractivity contribution in [2.75, 3.05) is 6.54 Å². The minimum atomic E-state index is -4.01. The van der Waals surface area contributed by atoms with Crippen LogP contribution in [-0.2, 0) is 37.9 Å². The van der Waals surface area contributed by atoms with Gasteiger partial charge in [0, 0.05) is 25.6 Å². The van der Waals surface area contributed by atoms with Gasteiger partial charge in [-0.15, -0.1) is 0 Å². The number of aromatic nitrogens is 4. The summed E-state index contributed by atoms with van der Waals surface area (Å²) in [6, 6.07) is 3.79. The monoisotopic (exact) mass is 764 g/mol. The smallest absolute Gasteiger partial charge is 0.272 e. The second kappa shape index (κ2) is 14.4. The zero-order valence-corrected chi connectivity index (χ0v) is 31.3. The first-order valence-corrected chi connectivity index (χ1v) is 20.0. The van der Waals surface area contributed by atoms with Gasteiger partial charge in [-0.25, -0.2) is 22.8 Å². The number of amides is 4. The summed E-state index contributed by atoms with van der Waals surface area (Å²) >= 11 is 0. The first-order valence-electron chi connectivity index (χ1n) is 18.5. The highest BCUT2D eigenvalue weighted by atomic mass is 32.2. The average molecular weight is 765 g/mol. The van der Waals surface area contributed by atoms with Crippen LogP contribution in [0.4, 0.5) is 4.39 Å². The summed E-state index contributed by atoms with van der Waals surface area (Å²) in [6.07, 6.45) is 9.04. The van der Waals surface area contributed by atoms with E-state index in [-0.39, 0.29) is 36.5 Å². The normalized spacial score (nSPS) is 27.4. The van der Waals surface area contributed by atoms with Crippen LogP contribution in [0, 0.1) is 11.7 Å². The third-order valence-electron chi connectivity index (χ3n) is 11.0. The van der Waals surface area contributed by atoms with E-state index in [1.165, 1.54) is 27.8 Å². The highest BCUT2D eigenvalue weighted by Gasteiger charge is 2.63. The Morgan fingerprint density at radius 2 is 1.93 bits per heavy atom. The molecule has 0 spiro atoms. The number of aryl methyl sites for hydroxylation is 2. The van der Waals surface area contributed by atoms with Gasteiger partial charge in [-0.05, 0) is 70.1 Å². The molecule has 0 radical (unpaired) electrons. The highest BCUT2D eigenvalue weighted by Crippen LogP contribution is 2.47. The average Bonchev–Trinajstić information content (AvgIpc) is 3.94. The zero-order valence-electron chi connectivity index (χ0n) is 30.5. The lowest BCUT2D eigenvalue weighted by Gasteiger charge is -2.30. The van der Waals surface area contributed by atoms with Crippen molar-refractivity contribution in [2.24, 2.45) is 13.0 Å². The number of allylic oxidation sites excluding steroid dienone is 1. The summed E-state index contributed by atoms with van der Waals surface area (Å²) in [6.45, 7) is 3.33. The van der Waals surface area contributed by atoms with Crippen molar-refractivity contribution in [3.8, 4) is 5.88 Å². The Labute approximate surface area is 312 Å². The quantitative estimate of drug-likeness (QED) is 0.287. The van der Waals surface area contributed by atoms with E-state index in [1.807, 2.05) is 19.1 Å². The van der Waals surface area contributed by atoms with E-state index in [0.29, 0.717) is 49.7 Å². The Balaban J connectivity index is 1.21. The zero-order chi connectivity index (χ0) is 38.4. The molecule has 2 aliphatic heterocycles. The molecule has 1 unspecified atom stereocenters. The summed E-state index contributed by atoms with van der Waals surface area (Å²) in [7, 11) is -2.34. The molecule has 1 saturated heterocycles. The molecule has 15 nitrogen and oxygen atoms in total. The first-order chi connectivity index (χ1) is 25.7. The minimum absolute atomic E-state index is 0.0134. The number of sulfonamides is 1. The predicted octanol–water partition coefficient (Wildman–Crippen LogP) is 2.61. The fourth-order valence-electron chi connectivity index (χ4n) is 7.26. The van der Waals surface area contributed by atoms with E-state index in [4.69, 9.17) is 4.74 Å². The number of benzene rings is 1. The van der Waals surface area contributed by atoms with Crippen molar-refractivity contribution in [2.45, 2.75) is 107 Å². The van der Waals surface area contributed by atoms with Crippen LogP contribution < -0.4 is 20.1 Å². The molecule has 7 rings (SSSR count). The maximum Gasteiger partial charge on any atom is 0.272 e. The lowest BCUT2D eigenvalue weighted by atomic mass is 10.0. The molecule has 2 saturated carbocycles. The van der Waals surface area contributed by atoms with E-state index < -0.39 is 73.9 Å². The molecule has 4 aliphatic rings. The summed E-state index contributed by atoms with van der Waals surface area (Å²) in [4.78, 5) is 66.4. The molecule has 3 aromatic rings. The molecule has 5 atom stereocenters. The number of ether oxygens (including phenoxy) is 1. The van der Waals surface area contributed by atoms with Gasteiger partial charge < -0.3 is 20.3 Å². The third kappa shape index (κ3) is 7.29. The number of halogens is 1. The number of fused-ring (bicyclic) bond motifs is 3. The highest BCUT2D eigenvalue weighted by molar-refractivity contribution is 7.91. The van der Waals surface area contributed by atoms with E-state index in [0.717, 1.165) is 12.8 Å². The van der Waals surface area contributed by atoms with E-state index >= 15 is 0 Å². The fraction of sp³-hybridized carbons (Fsp3) is 0.541.